The Morgan fingerprint density at radius 1 is 1.20 bits per heavy atom. The van der Waals surface area contributed by atoms with E-state index in [1.165, 1.54) is 23.9 Å². The second-order valence-corrected chi connectivity index (χ2v) is 11.5. The van der Waals surface area contributed by atoms with Crippen LogP contribution in [-0.2, 0) is 25.6 Å². The number of phenolic OH excluding ortho intramolecular Hbond substituents is 1. The summed E-state index contributed by atoms with van der Waals surface area (Å²) in [5.41, 5.74) is -1.06. The Bertz CT molecular complexity index is 1550. The van der Waals surface area contributed by atoms with E-state index in [-0.39, 0.29) is 26.1 Å². The third kappa shape index (κ3) is 4.84. The average Bonchev–Trinajstić information content (AvgIpc) is 2.86. The number of Topliss-reactive ketones (excluding diaryl/α,β-unsaturated/α-hetero) is 2. The summed E-state index contributed by atoms with van der Waals surface area (Å²) in [5.74, 6) is -11.5. The summed E-state index contributed by atoms with van der Waals surface area (Å²) in [4.78, 5) is 54.4. The molecule has 2 fully saturated rings. The predicted octanol–water partition coefficient (Wildman–Crippen LogP) is 0.455. The zero-order valence-corrected chi connectivity index (χ0v) is 23.2. The minimum Gasteiger partial charge on any atom is -0.508 e. The number of carbonyl (C=O) groups excluding carboxylic acids is 4. The predicted molar refractivity (Wildman–Crippen MR) is 141 cm³/mol. The molecule has 4 aliphatic rings. The van der Waals surface area contributed by atoms with Crippen LogP contribution in [0.15, 0.2) is 23.0 Å². The molecule has 13 nitrogen and oxygen atoms in total. The van der Waals surface area contributed by atoms with Crippen LogP contribution < -0.4 is 15.8 Å². The van der Waals surface area contributed by atoms with E-state index in [2.05, 4.69) is 10.1 Å². The standard InChI is InChI=1S/C27H28F4N4O9/c1-34(2)19-12-4-9-3-11-14(44-27(29,30)31)5-13(33-15(36)8-35-6-10(28)7-35)20(37)17(11)21(38)16(9)23(40)26(12,43)24(41)18(22(19)39)25(32)42/h5,9-10,12,19,37-38,41,43H,3-4,6-8H2,1-2H3,(H2,32,42)(H,33,36)/t9-,12-,19-,26-/m0/s1. The van der Waals surface area contributed by atoms with Crippen LogP contribution in [0.1, 0.15) is 17.5 Å². The molecule has 44 heavy (non-hydrogen) atoms. The zero-order valence-electron chi connectivity index (χ0n) is 23.2. The fourth-order valence-electron chi connectivity index (χ4n) is 6.62. The topological polar surface area (TPSA) is 203 Å². The Morgan fingerprint density at radius 2 is 1.84 bits per heavy atom. The molecular weight excluding hydrogens is 600 g/mol. The highest BCUT2D eigenvalue weighted by Gasteiger charge is 2.64. The smallest absolute Gasteiger partial charge is 0.508 e. The molecule has 1 aromatic rings. The molecule has 2 amide bonds. The second-order valence-electron chi connectivity index (χ2n) is 11.5. The first kappa shape index (κ1) is 31.2. The average molecular weight is 629 g/mol. The van der Waals surface area contributed by atoms with E-state index in [9.17, 15) is 57.2 Å². The molecule has 7 N–H and O–H groups in total. The number of fused-ring (bicyclic) bond motifs is 3. The van der Waals surface area contributed by atoms with Crippen LogP contribution in [-0.4, -0.2) is 112 Å². The molecule has 0 spiro atoms. The van der Waals surface area contributed by atoms with Crippen LogP contribution in [0.5, 0.6) is 11.5 Å². The van der Waals surface area contributed by atoms with Gasteiger partial charge in [-0.1, -0.05) is 0 Å². The van der Waals surface area contributed by atoms with E-state index in [0.717, 1.165) is 0 Å². The van der Waals surface area contributed by atoms with Crippen LogP contribution >= 0.6 is 0 Å². The van der Waals surface area contributed by atoms with Crippen molar-refractivity contribution < 1.29 is 61.9 Å². The highest BCUT2D eigenvalue weighted by molar-refractivity contribution is 6.24. The quantitative estimate of drug-likeness (QED) is 0.145. The van der Waals surface area contributed by atoms with Crippen LogP contribution in [0, 0.1) is 11.8 Å². The van der Waals surface area contributed by atoms with Crippen LogP contribution in [0.25, 0.3) is 5.76 Å². The molecule has 4 atom stereocenters. The molecule has 1 aromatic carbocycles. The molecule has 5 rings (SSSR count). The van der Waals surface area contributed by atoms with Gasteiger partial charge in [0, 0.05) is 36.2 Å². The van der Waals surface area contributed by atoms with Crippen LogP contribution in [0.3, 0.4) is 0 Å². The van der Waals surface area contributed by atoms with E-state index < -0.39 is 117 Å². The summed E-state index contributed by atoms with van der Waals surface area (Å²) in [7, 11) is 2.79. The van der Waals surface area contributed by atoms with E-state index >= 15 is 0 Å². The number of hydrogen-bond acceptors (Lipinski definition) is 11. The maximum Gasteiger partial charge on any atom is 0.573 e. The third-order valence-electron chi connectivity index (χ3n) is 8.46. The molecule has 0 aromatic heterocycles. The number of alkyl halides is 4. The molecule has 3 aliphatic carbocycles. The molecule has 1 heterocycles. The van der Waals surface area contributed by atoms with Crippen molar-refractivity contribution in [2.75, 3.05) is 39.0 Å². The number of nitrogens with two attached hydrogens (primary N) is 1. The minimum absolute atomic E-state index is 0.0502. The fourth-order valence-corrected chi connectivity index (χ4v) is 6.62. The number of nitrogens with one attached hydrogen (secondary N) is 1. The van der Waals surface area contributed by atoms with Gasteiger partial charge in [0.1, 0.15) is 29.0 Å². The van der Waals surface area contributed by atoms with Gasteiger partial charge in [0.05, 0.1) is 23.8 Å². The van der Waals surface area contributed by atoms with Crippen molar-refractivity contribution in [2.24, 2.45) is 17.6 Å². The fraction of sp³-hybridized carbons (Fsp3) is 0.481. The summed E-state index contributed by atoms with van der Waals surface area (Å²) in [6.45, 7) is -0.468. The number of benzene rings is 1. The van der Waals surface area contributed by atoms with Gasteiger partial charge < -0.3 is 36.2 Å². The maximum absolute atomic E-state index is 13.9. The summed E-state index contributed by atoms with van der Waals surface area (Å²) >= 11 is 0. The first-order valence-electron chi connectivity index (χ1n) is 13.3. The monoisotopic (exact) mass is 628 g/mol. The molecule has 0 radical (unpaired) electrons. The number of aromatic hydroxyl groups is 1. The Morgan fingerprint density at radius 3 is 2.39 bits per heavy atom. The second kappa shape index (κ2) is 10.4. The first-order valence-corrected chi connectivity index (χ1v) is 13.3. The highest BCUT2D eigenvalue weighted by atomic mass is 19.4. The lowest BCUT2D eigenvalue weighted by atomic mass is 9.57. The number of aliphatic hydroxyl groups excluding tert-OH is 2. The van der Waals surface area contributed by atoms with Crippen molar-refractivity contribution in [3.63, 3.8) is 0 Å². The largest absolute Gasteiger partial charge is 0.573 e. The van der Waals surface area contributed by atoms with E-state index in [1.807, 2.05) is 0 Å². The number of halogens is 4. The summed E-state index contributed by atoms with van der Waals surface area (Å²) in [6, 6.07) is -0.698. The summed E-state index contributed by atoms with van der Waals surface area (Å²) < 4.78 is 57.7. The van der Waals surface area contributed by atoms with E-state index in [1.54, 1.807) is 0 Å². The Balaban J connectivity index is 1.65. The number of likely N-dealkylation sites (tertiary alicyclic amines) is 1. The number of phenols is 1. The first-order chi connectivity index (χ1) is 20.4. The number of hydrogen-bond donors (Lipinski definition) is 6. The number of ether oxygens (including phenoxy) is 1. The van der Waals surface area contributed by atoms with Crippen LogP contribution in [0.4, 0.5) is 23.2 Å². The molecule has 1 saturated carbocycles. The molecule has 0 bridgehead atoms. The summed E-state index contributed by atoms with van der Waals surface area (Å²) in [6.07, 6.45) is -7.25. The van der Waals surface area contributed by atoms with Crippen molar-refractivity contribution in [1.29, 1.82) is 0 Å². The maximum atomic E-state index is 13.9. The van der Waals surface area contributed by atoms with E-state index in [0.29, 0.717) is 6.07 Å². The lowest BCUT2D eigenvalue weighted by Crippen LogP contribution is -2.65. The van der Waals surface area contributed by atoms with Gasteiger partial charge in [-0.3, -0.25) is 29.0 Å². The SMILES string of the molecule is CN(C)[C@@H]1C(=O)C(C(N)=O)=C(O)[C@@]2(O)C(=O)C3=C(O)c4c(O)c(NC(=O)CN5CC(F)C5)cc(OC(F)(F)F)c4C[C@H]3C[C@@H]12. The lowest BCUT2D eigenvalue weighted by Gasteiger charge is -2.50. The number of carbonyl (C=O) groups is 4. The number of ketones is 2. The number of primary amides is 1. The number of likely N-dealkylation sites (N-methyl/N-ethyl adjacent to an activating group) is 1. The number of amides is 2. The Hall–Kier alpha value is -4.22. The van der Waals surface area contributed by atoms with Gasteiger partial charge in [-0.25, -0.2) is 4.39 Å². The van der Waals surface area contributed by atoms with Crippen molar-refractivity contribution in [3.05, 3.63) is 34.1 Å². The molecule has 17 heteroatoms. The van der Waals surface area contributed by atoms with Gasteiger partial charge in [0.15, 0.2) is 17.1 Å². The lowest BCUT2D eigenvalue weighted by molar-refractivity contribution is -0.275. The van der Waals surface area contributed by atoms with Gasteiger partial charge in [-0.2, -0.15) is 0 Å². The van der Waals surface area contributed by atoms with Gasteiger partial charge in [-0.15, -0.1) is 13.2 Å². The van der Waals surface area contributed by atoms with Crippen molar-refractivity contribution in [2.45, 2.75) is 37.0 Å². The van der Waals surface area contributed by atoms with E-state index in [4.69, 9.17) is 5.73 Å². The van der Waals surface area contributed by atoms with Gasteiger partial charge in [0.25, 0.3) is 5.91 Å². The zero-order chi connectivity index (χ0) is 32.6. The molecule has 1 aliphatic heterocycles. The minimum atomic E-state index is -5.27. The number of aliphatic hydroxyl groups is 3. The number of rotatable bonds is 6. The third-order valence-corrected chi connectivity index (χ3v) is 8.46. The van der Waals surface area contributed by atoms with Crippen LogP contribution in [0.2, 0.25) is 0 Å². The van der Waals surface area contributed by atoms with Gasteiger partial charge in [-0.05, 0) is 32.9 Å². The summed E-state index contributed by atoms with van der Waals surface area (Å²) in [5, 5.41) is 47.1. The molecular formula is C27H28F4N4O9. The van der Waals surface area contributed by atoms with Gasteiger partial charge in [0.2, 0.25) is 11.7 Å². The highest BCUT2D eigenvalue weighted by Crippen LogP contribution is 2.55. The number of nitrogens with zero attached hydrogens (tertiary/aromatic N) is 2. The van der Waals surface area contributed by atoms with Crippen molar-refractivity contribution in [1.82, 2.24) is 9.80 Å². The molecule has 1 saturated heterocycles. The Kier molecular flexibility index (Phi) is 7.41. The number of anilines is 1. The van der Waals surface area contributed by atoms with Crippen molar-refractivity contribution >= 4 is 34.8 Å². The van der Waals surface area contributed by atoms with Crippen molar-refractivity contribution in [3.8, 4) is 11.5 Å². The van der Waals surface area contributed by atoms with Gasteiger partial charge >= 0.3 is 6.36 Å². The Labute approximate surface area is 246 Å². The molecule has 0 unspecified atom stereocenters. The molecule has 238 valence electrons. The normalized spacial score (nSPS) is 27.5.